The van der Waals surface area contributed by atoms with E-state index in [0.717, 1.165) is 10.0 Å². The molecule has 1 aliphatic rings. The van der Waals surface area contributed by atoms with Crippen LogP contribution in [0.15, 0.2) is 11.6 Å². The first-order valence-electron chi connectivity index (χ1n) is 2.86. The van der Waals surface area contributed by atoms with Crippen molar-refractivity contribution in [2.75, 3.05) is 11.5 Å². The highest BCUT2D eigenvalue weighted by atomic mass is 127. The fraction of sp³-hybridized carbons (Fsp3) is 0.500. The molecule has 0 aromatic rings. The lowest BCUT2D eigenvalue weighted by molar-refractivity contribution is -0.158. The van der Waals surface area contributed by atoms with E-state index in [9.17, 15) is 4.79 Å². The van der Waals surface area contributed by atoms with Gasteiger partial charge in [0.1, 0.15) is 0 Å². The van der Waals surface area contributed by atoms with Crippen LogP contribution in [0.5, 0.6) is 0 Å². The summed E-state index contributed by atoms with van der Waals surface area (Å²) in [5.74, 6) is -0.326. The predicted molar refractivity (Wildman–Crippen MR) is 56.8 cm³/mol. The molecule has 0 aromatic carbocycles. The molecule has 0 radical (unpaired) electrons. The van der Waals surface area contributed by atoms with Crippen molar-refractivity contribution >= 4 is 51.2 Å². The lowest BCUT2D eigenvalue weighted by Gasteiger charge is -2.21. The van der Waals surface area contributed by atoms with E-state index in [1.165, 1.54) is 13.2 Å². The minimum absolute atomic E-state index is 0.326. The average Bonchev–Trinajstić information content (AvgIpc) is 2.27. The van der Waals surface area contributed by atoms with Gasteiger partial charge in [-0.1, -0.05) is 22.6 Å². The highest BCUT2D eigenvalue weighted by molar-refractivity contribution is 14.1. The number of methoxy groups -OCH3 is 1. The molecule has 0 saturated heterocycles. The lowest BCUT2D eigenvalue weighted by atomic mass is 10.3. The van der Waals surface area contributed by atoms with Crippen LogP contribution in [0.2, 0.25) is 0 Å². The van der Waals surface area contributed by atoms with Crippen molar-refractivity contribution in [2.45, 2.75) is 3.79 Å². The Morgan fingerprint density at radius 1 is 1.82 bits per heavy atom. The van der Waals surface area contributed by atoms with E-state index < -0.39 is 3.79 Å². The summed E-state index contributed by atoms with van der Waals surface area (Å²) < 4.78 is 9.86. The highest BCUT2D eigenvalue weighted by Crippen LogP contribution is 2.36. The third kappa shape index (κ3) is 1.86. The largest absolute Gasteiger partial charge is 0.416 e. The number of cyclic esters (lactones) is 1. The second kappa shape index (κ2) is 3.56. The van der Waals surface area contributed by atoms with E-state index in [4.69, 9.17) is 9.47 Å². The number of carbonyl (C=O) groups excluding carboxylic acids is 1. The molecule has 0 spiro atoms. The molecule has 0 fully saturated rings. The molecule has 0 N–H and O–H groups in total. The summed E-state index contributed by atoms with van der Waals surface area (Å²) in [5, 5.41) is 0. The zero-order valence-corrected chi connectivity index (χ0v) is 10.1. The second-order valence-corrected chi connectivity index (χ2v) is 4.15. The molecule has 11 heavy (non-hydrogen) atoms. The molecule has 5 heteroatoms. The van der Waals surface area contributed by atoms with Crippen molar-refractivity contribution in [3.8, 4) is 0 Å². The molecule has 0 aromatic heterocycles. The first-order chi connectivity index (χ1) is 5.12. The van der Waals surface area contributed by atoms with Gasteiger partial charge in [0.2, 0.25) is 0 Å². The predicted octanol–water partition coefficient (Wildman–Crippen LogP) is 1.64. The van der Waals surface area contributed by atoms with E-state index in [2.05, 4.69) is 22.6 Å². The van der Waals surface area contributed by atoms with E-state index in [1.54, 1.807) is 0 Å². The van der Waals surface area contributed by atoms with Crippen LogP contribution in [0, 0.1) is 0 Å². The normalized spacial score (nSPS) is 30.1. The molecule has 1 unspecified atom stereocenters. The summed E-state index contributed by atoms with van der Waals surface area (Å²) in [5.41, 5.74) is 0.867. The minimum atomic E-state index is -0.851. The maximum atomic E-state index is 10.8. The summed E-state index contributed by atoms with van der Waals surface area (Å²) in [6.07, 6.45) is 1.47. The maximum Gasteiger partial charge on any atom is 0.334 e. The van der Waals surface area contributed by atoms with Crippen molar-refractivity contribution in [3.63, 3.8) is 0 Å². The molecule has 1 atom stereocenters. The van der Waals surface area contributed by atoms with Gasteiger partial charge < -0.3 is 9.47 Å². The Bertz CT molecular complexity index is 214. The van der Waals surface area contributed by atoms with Gasteiger partial charge in [0.15, 0.2) is 0 Å². The summed E-state index contributed by atoms with van der Waals surface area (Å²) >= 11 is 4.13. The molecule has 1 rings (SSSR count). The number of rotatable bonds is 2. The van der Waals surface area contributed by atoms with Crippen LogP contribution >= 0.6 is 45.2 Å². The van der Waals surface area contributed by atoms with Gasteiger partial charge in [-0.15, -0.1) is 0 Å². The summed E-state index contributed by atoms with van der Waals surface area (Å²) in [6, 6.07) is 0. The molecule has 0 saturated carbocycles. The number of esters is 1. The quantitative estimate of drug-likeness (QED) is 0.415. The van der Waals surface area contributed by atoms with Crippen LogP contribution in [0.25, 0.3) is 0 Å². The SMILES string of the molecule is COC1(I)OC(=O)C=C1CI. The Morgan fingerprint density at radius 2 is 2.45 bits per heavy atom. The number of halogens is 2. The number of hydrogen-bond acceptors (Lipinski definition) is 3. The highest BCUT2D eigenvalue weighted by Gasteiger charge is 2.40. The van der Waals surface area contributed by atoms with Crippen molar-refractivity contribution in [1.29, 1.82) is 0 Å². The maximum absolute atomic E-state index is 10.8. The fourth-order valence-corrected chi connectivity index (χ4v) is 2.76. The number of carbonyl (C=O) groups is 1. The molecule has 3 nitrogen and oxygen atoms in total. The van der Waals surface area contributed by atoms with Crippen LogP contribution in [0.1, 0.15) is 0 Å². The van der Waals surface area contributed by atoms with Crippen LogP contribution in [-0.4, -0.2) is 21.3 Å². The average molecular weight is 380 g/mol. The summed E-state index contributed by atoms with van der Waals surface area (Å²) in [7, 11) is 1.52. The van der Waals surface area contributed by atoms with Crippen molar-refractivity contribution in [2.24, 2.45) is 0 Å². The van der Waals surface area contributed by atoms with Gasteiger partial charge in [0.25, 0.3) is 3.79 Å². The summed E-state index contributed by atoms with van der Waals surface area (Å²) in [4.78, 5) is 10.8. The zero-order chi connectivity index (χ0) is 8.48. The molecule has 0 amide bonds. The molecular formula is C6H6I2O3. The summed E-state index contributed by atoms with van der Waals surface area (Å²) in [6.45, 7) is 0. The Labute approximate surface area is 91.8 Å². The molecule has 1 aliphatic heterocycles. The standard InChI is InChI=1S/C6H6I2O3/c1-10-6(8)4(3-7)2-5(9)11-6/h2H,3H2,1H3. The Balaban J connectivity index is 2.86. The van der Waals surface area contributed by atoms with E-state index in [1.807, 2.05) is 22.6 Å². The Morgan fingerprint density at radius 3 is 2.82 bits per heavy atom. The Hall–Kier alpha value is 0.630. The number of ether oxygens (including phenoxy) is 2. The van der Waals surface area contributed by atoms with Crippen molar-refractivity contribution < 1.29 is 14.3 Å². The van der Waals surface area contributed by atoms with Crippen molar-refractivity contribution in [1.82, 2.24) is 0 Å². The minimum Gasteiger partial charge on any atom is -0.416 e. The van der Waals surface area contributed by atoms with Crippen LogP contribution in [0.3, 0.4) is 0 Å². The Kier molecular flexibility index (Phi) is 3.15. The first kappa shape index (κ1) is 9.72. The fourth-order valence-electron chi connectivity index (χ4n) is 0.744. The zero-order valence-electron chi connectivity index (χ0n) is 5.77. The van der Waals surface area contributed by atoms with E-state index in [-0.39, 0.29) is 5.97 Å². The van der Waals surface area contributed by atoms with Gasteiger partial charge in [-0.3, -0.25) is 0 Å². The van der Waals surface area contributed by atoms with Gasteiger partial charge in [-0.25, -0.2) is 4.79 Å². The lowest BCUT2D eigenvalue weighted by Crippen LogP contribution is -2.26. The van der Waals surface area contributed by atoms with E-state index in [0.29, 0.717) is 0 Å². The smallest absolute Gasteiger partial charge is 0.334 e. The topological polar surface area (TPSA) is 35.5 Å². The van der Waals surface area contributed by atoms with Crippen LogP contribution in [-0.2, 0) is 14.3 Å². The number of hydrogen-bond donors (Lipinski definition) is 0. The van der Waals surface area contributed by atoms with Gasteiger partial charge >= 0.3 is 5.97 Å². The monoisotopic (exact) mass is 380 g/mol. The van der Waals surface area contributed by atoms with Gasteiger partial charge in [-0.05, 0) is 0 Å². The van der Waals surface area contributed by atoms with Gasteiger partial charge in [-0.2, -0.15) is 0 Å². The molecule has 0 aliphatic carbocycles. The van der Waals surface area contributed by atoms with Gasteiger partial charge in [0, 0.05) is 45.8 Å². The van der Waals surface area contributed by atoms with Gasteiger partial charge in [0.05, 0.1) is 0 Å². The third-order valence-corrected chi connectivity index (χ3v) is 3.49. The van der Waals surface area contributed by atoms with Crippen LogP contribution in [0.4, 0.5) is 0 Å². The molecule has 0 bridgehead atoms. The van der Waals surface area contributed by atoms with Crippen molar-refractivity contribution in [3.05, 3.63) is 11.6 Å². The second-order valence-electron chi connectivity index (χ2n) is 1.96. The number of alkyl halides is 2. The first-order valence-corrected chi connectivity index (χ1v) is 5.47. The third-order valence-electron chi connectivity index (χ3n) is 1.31. The molecule has 62 valence electrons. The molecule has 1 heterocycles. The van der Waals surface area contributed by atoms with E-state index >= 15 is 0 Å². The van der Waals surface area contributed by atoms with Crippen LogP contribution < -0.4 is 0 Å². The molecular weight excluding hydrogens is 374 g/mol.